The number of nitrogens with two attached hydrogens (primary N) is 1. The van der Waals surface area contributed by atoms with E-state index in [1.54, 1.807) is 6.92 Å². The van der Waals surface area contributed by atoms with Crippen LogP contribution in [0.15, 0.2) is 18.2 Å². The minimum absolute atomic E-state index is 0. The van der Waals surface area contributed by atoms with E-state index in [1.165, 1.54) is 32.2 Å². The van der Waals surface area contributed by atoms with Crippen LogP contribution < -0.4 is 15.8 Å². The van der Waals surface area contributed by atoms with Crippen LogP contribution in [0.2, 0.25) is 0 Å². The maximum absolute atomic E-state index is 13.8. The number of aliphatic hydroxyl groups excluding tert-OH is 1. The van der Waals surface area contributed by atoms with E-state index in [-0.39, 0.29) is 46.8 Å². The van der Waals surface area contributed by atoms with Crippen molar-refractivity contribution in [1.82, 2.24) is 5.32 Å². The van der Waals surface area contributed by atoms with E-state index in [0.29, 0.717) is 0 Å². The van der Waals surface area contributed by atoms with Gasteiger partial charge in [-0.05, 0) is 26.8 Å². The van der Waals surface area contributed by atoms with Crippen molar-refractivity contribution in [2.75, 3.05) is 7.11 Å². The Kier molecular flexibility index (Phi) is 9.14. The Morgan fingerprint density at radius 1 is 1.14 bits per heavy atom. The lowest BCUT2D eigenvalue weighted by Crippen LogP contribution is -2.57. The summed E-state index contributed by atoms with van der Waals surface area (Å²) < 4.78 is 17.3. The van der Waals surface area contributed by atoms with E-state index in [2.05, 4.69) is 5.32 Å². The van der Waals surface area contributed by atoms with Gasteiger partial charge >= 0.3 is 0 Å². The number of phenols is 2. The van der Waals surface area contributed by atoms with E-state index in [0.717, 1.165) is 6.92 Å². The highest BCUT2D eigenvalue weighted by molar-refractivity contribution is 6.31. The molecule has 0 bridgehead atoms. The topological polar surface area (TPSA) is 215 Å². The molecular formula is C30H35ClN2O11. The summed E-state index contributed by atoms with van der Waals surface area (Å²) in [6.45, 7) is 4.19. The van der Waals surface area contributed by atoms with Crippen molar-refractivity contribution in [1.29, 1.82) is 0 Å². The average Bonchev–Trinajstić information content (AvgIpc) is 2.95. The largest absolute Gasteiger partial charge is 0.507 e. The zero-order valence-electron chi connectivity index (χ0n) is 24.4. The number of hydrogen-bond donors (Lipinski definition) is 6. The van der Waals surface area contributed by atoms with Gasteiger partial charge in [-0.2, -0.15) is 0 Å². The first kappa shape index (κ1) is 33.3. The van der Waals surface area contributed by atoms with E-state index in [9.17, 15) is 39.6 Å². The lowest BCUT2D eigenvalue weighted by molar-refractivity contribution is -0.249. The number of halogens is 1. The van der Waals surface area contributed by atoms with Crippen molar-refractivity contribution in [2.45, 2.75) is 82.3 Å². The molecule has 0 spiro atoms. The number of fused-ring (bicyclic) bond motifs is 3. The normalized spacial score (nSPS) is 28.1. The minimum Gasteiger partial charge on any atom is -0.507 e. The van der Waals surface area contributed by atoms with Gasteiger partial charge in [-0.3, -0.25) is 19.2 Å². The van der Waals surface area contributed by atoms with Gasteiger partial charge in [-0.15, -0.1) is 12.4 Å². The molecule has 0 saturated carbocycles. The first-order valence-electron chi connectivity index (χ1n) is 13.9. The Bertz CT molecular complexity index is 1540. The fourth-order valence-electron chi connectivity index (χ4n) is 6.08. The third-order valence-electron chi connectivity index (χ3n) is 8.49. The number of Topliss-reactive ketones (excluding diaryl/α,β-unsaturated/α-hetero) is 1. The van der Waals surface area contributed by atoms with Crippen LogP contribution in [-0.2, 0) is 25.5 Å². The van der Waals surface area contributed by atoms with Gasteiger partial charge in [0.15, 0.2) is 17.9 Å². The standard InChI is InChI=1S/C30H34N2O11.ClH/c1-11(31)29(39)32-16-8-19(42-12(2)24(16)34)43-18-10-30(40,13(3)33)9-15-21(18)28(38)23-22(26(15)36)25(35)14-6-5-7-17(41-4)20(14)27(23)37;/h5-7,11-12,16,18-19,24,34,36,38,40H,8-10,31H2,1-4H3,(H,32,39);1H. The summed E-state index contributed by atoms with van der Waals surface area (Å²) in [5.74, 6) is -3.92. The smallest absolute Gasteiger partial charge is 0.236 e. The summed E-state index contributed by atoms with van der Waals surface area (Å²) in [6, 6.07) is 2.70. The second-order valence-corrected chi connectivity index (χ2v) is 11.4. The highest BCUT2D eigenvalue weighted by atomic mass is 35.5. The van der Waals surface area contributed by atoms with Crippen LogP contribution in [0.1, 0.15) is 82.7 Å². The number of phenolic OH excluding ortho intramolecular Hbond substituents is 2. The summed E-state index contributed by atoms with van der Waals surface area (Å²) in [5, 5.41) is 47.6. The van der Waals surface area contributed by atoms with E-state index in [1.807, 2.05) is 0 Å². The highest BCUT2D eigenvalue weighted by Crippen LogP contribution is 2.52. The maximum Gasteiger partial charge on any atom is 0.236 e. The number of aliphatic hydroxyl groups is 2. The molecule has 1 fully saturated rings. The van der Waals surface area contributed by atoms with Gasteiger partial charge in [0.05, 0.1) is 48.1 Å². The van der Waals surface area contributed by atoms with E-state index in [4.69, 9.17) is 19.9 Å². The summed E-state index contributed by atoms with van der Waals surface area (Å²) in [6.07, 6.45) is -5.35. The molecule has 2 aromatic rings. The van der Waals surface area contributed by atoms with E-state index >= 15 is 0 Å². The number of carbonyl (C=O) groups is 4. The third-order valence-corrected chi connectivity index (χ3v) is 8.49. The molecule has 7 unspecified atom stereocenters. The van der Waals surface area contributed by atoms with Crippen LogP contribution in [-0.4, -0.2) is 87.0 Å². The van der Waals surface area contributed by atoms with Crippen molar-refractivity contribution in [3.8, 4) is 17.2 Å². The summed E-state index contributed by atoms with van der Waals surface area (Å²) in [5.41, 5.74) is 2.31. The molecule has 1 heterocycles. The van der Waals surface area contributed by atoms with Gasteiger partial charge in [-0.1, -0.05) is 12.1 Å². The molecule has 1 amide bonds. The fraction of sp³-hybridized carbons (Fsp3) is 0.467. The van der Waals surface area contributed by atoms with Crippen LogP contribution in [0.3, 0.4) is 0 Å². The molecule has 1 saturated heterocycles. The molecule has 2 aliphatic carbocycles. The summed E-state index contributed by atoms with van der Waals surface area (Å²) in [4.78, 5) is 52.2. The number of ketones is 3. The Morgan fingerprint density at radius 2 is 1.80 bits per heavy atom. The van der Waals surface area contributed by atoms with Crippen molar-refractivity contribution >= 4 is 35.7 Å². The lowest BCUT2D eigenvalue weighted by atomic mass is 9.72. The molecule has 14 heteroatoms. The average molecular weight is 635 g/mol. The number of rotatable bonds is 6. The monoisotopic (exact) mass is 634 g/mol. The number of carbonyl (C=O) groups excluding carboxylic acids is 4. The molecule has 7 N–H and O–H groups in total. The van der Waals surface area contributed by atoms with Crippen LogP contribution in [0.25, 0.3) is 0 Å². The first-order chi connectivity index (χ1) is 20.2. The zero-order valence-corrected chi connectivity index (χ0v) is 25.3. The predicted octanol–water partition coefficient (Wildman–Crippen LogP) is 0.955. The van der Waals surface area contributed by atoms with Crippen LogP contribution in [0.4, 0.5) is 0 Å². The Morgan fingerprint density at radius 3 is 2.41 bits per heavy atom. The maximum atomic E-state index is 13.8. The molecule has 0 aromatic heterocycles. The quantitative estimate of drug-likeness (QED) is 0.209. The van der Waals surface area contributed by atoms with Crippen LogP contribution >= 0.6 is 12.4 Å². The molecule has 5 rings (SSSR count). The molecule has 7 atom stereocenters. The lowest BCUT2D eigenvalue weighted by Gasteiger charge is -2.43. The molecule has 13 nitrogen and oxygen atoms in total. The number of benzene rings is 2. The van der Waals surface area contributed by atoms with E-state index < -0.39 is 101 Å². The molecule has 238 valence electrons. The molecule has 1 aliphatic heterocycles. The number of aromatic hydroxyl groups is 2. The molecule has 3 aliphatic rings. The fourth-order valence-corrected chi connectivity index (χ4v) is 6.08. The van der Waals surface area contributed by atoms with Crippen LogP contribution in [0, 0.1) is 0 Å². The molecule has 0 radical (unpaired) electrons. The number of nitrogens with one attached hydrogen (secondary N) is 1. The van der Waals surface area contributed by atoms with Gasteiger partial charge in [0, 0.05) is 36.0 Å². The zero-order chi connectivity index (χ0) is 31.5. The summed E-state index contributed by atoms with van der Waals surface area (Å²) in [7, 11) is 1.32. The predicted molar refractivity (Wildman–Crippen MR) is 155 cm³/mol. The Balaban J connectivity index is 0.00000442. The molecule has 2 aromatic carbocycles. The second-order valence-electron chi connectivity index (χ2n) is 11.4. The van der Waals surface area contributed by atoms with Gasteiger partial charge in [0.2, 0.25) is 11.7 Å². The first-order valence-corrected chi connectivity index (χ1v) is 13.9. The van der Waals surface area contributed by atoms with Crippen LogP contribution in [0.5, 0.6) is 17.2 Å². The van der Waals surface area contributed by atoms with Crippen molar-refractivity contribution in [3.63, 3.8) is 0 Å². The van der Waals surface area contributed by atoms with Crippen molar-refractivity contribution in [3.05, 3.63) is 51.6 Å². The Hall–Kier alpha value is -3.59. The molecule has 44 heavy (non-hydrogen) atoms. The molecular weight excluding hydrogens is 600 g/mol. The third kappa shape index (κ3) is 5.33. The summed E-state index contributed by atoms with van der Waals surface area (Å²) >= 11 is 0. The number of ether oxygens (including phenoxy) is 3. The highest BCUT2D eigenvalue weighted by Gasteiger charge is 2.49. The number of amides is 1. The van der Waals surface area contributed by atoms with Crippen molar-refractivity contribution < 1.29 is 53.8 Å². The second kappa shape index (κ2) is 12.1. The van der Waals surface area contributed by atoms with Gasteiger partial charge in [0.1, 0.15) is 29.0 Å². The van der Waals surface area contributed by atoms with Gasteiger partial charge < -0.3 is 45.7 Å². The van der Waals surface area contributed by atoms with Crippen molar-refractivity contribution in [2.24, 2.45) is 5.73 Å². The minimum atomic E-state index is -2.07. The van der Waals surface area contributed by atoms with Gasteiger partial charge in [-0.25, -0.2) is 0 Å². The number of methoxy groups -OCH3 is 1. The van der Waals surface area contributed by atoms with Gasteiger partial charge in [0.25, 0.3) is 0 Å². The number of hydrogen-bond acceptors (Lipinski definition) is 12. The SMILES string of the molecule is COc1cccc2c1C(=O)c1c(O)c3c(c(O)c1C2=O)CC(O)(C(C)=O)CC3OC1CC(NC(=O)C(C)N)C(O)C(C)O1.Cl. The Labute approximate surface area is 258 Å².